The predicted octanol–water partition coefficient (Wildman–Crippen LogP) is 5.29. The van der Waals surface area contributed by atoms with Crippen molar-refractivity contribution in [1.29, 1.82) is 0 Å². The van der Waals surface area contributed by atoms with Crippen molar-refractivity contribution >= 4 is 21.9 Å². The summed E-state index contributed by atoms with van der Waals surface area (Å²) in [5, 5.41) is 6.62. The van der Waals surface area contributed by atoms with Gasteiger partial charge in [-0.25, -0.2) is 23.2 Å². The number of hydrogen-bond acceptors (Lipinski definition) is 7. The van der Waals surface area contributed by atoms with E-state index in [0.29, 0.717) is 38.0 Å². The number of carbonyl (C=O) groups is 2. The van der Waals surface area contributed by atoms with Crippen molar-refractivity contribution in [1.82, 2.24) is 20.0 Å². The summed E-state index contributed by atoms with van der Waals surface area (Å²) in [6.45, 7) is 3.54. The van der Waals surface area contributed by atoms with Gasteiger partial charge in [0.15, 0.2) is 0 Å². The number of benzene rings is 2. The quantitative estimate of drug-likeness (QED) is 0.212. The Kier molecular flexibility index (Phi) is 9.72. The van der Waals surface area contributed by atoms with Crippen molar-refractivity contribution in [2.24, 2.45) is 10.8 Å². The Labute approximate surface area is 269 Å². The van der Waals surface area contributed by atoms with Crippen LogP contribution < -0.4 is 0 Å². The molecule has 47 heavy (non-hydrogen) atoms. The van der Waals surface area contributed by atoms with Gasteiger partial charge >= 0.3 is 15.6 Å². The van der Waals surface area contributed by atoms with Gasteiger partial charge in [0.25, 0.3) is 0 Å². The van der Waals surface area contributed by atoms with Crippen molar-refractivity contribution in [3.8, 4) is 0 Å². The van der Waals surface area contributed by atoms with E-state index in [2.05, 4.69) is 4.18 Å². The second-order valence-corrected chi connectivity index (χ2v) is 14.0. The molecule has 9 nitrogen and oxygen atoms in total. The van der Waals surface area contributed by atoms with E-state index in [1.165, 1.54) is 35.3 Å². The summed E-state index contributed by atoms with van der Waals surface area (Å²) in [4.78, 5) is 25.6. The van der Waals surface area contributed by atoms with Gasteiger partial charge in [-0.2, -0.15) is 21.6 Å². The van der Waals surface area contributed by atoms with Crippen molar-refractivity contribution < 1.29 is 48.5 Å². The lowest BCUT2D eigenvalue weighted by molar-refractivity contribution is -0.145. The first-order valence-corrected chi connectivity index (χ1v) is 16.7. The summed E-state index contributed by atoms with van der Waals surface area (Å²) < 4.78 is 104. The number of amides is 2. The van der Waals surface area contributed by atoms with Crippen LogP contribution in [0.3, 0.4) is 0 Å². The highest BCUT2D eigenvalue weighted by atomic mass is 32.2. The highest BCUT2D eigenvalue weighted by molar-refractivity contribution is 7.87. The lowest BCUT2D eigenvalue weighted by Crippen LogP contribution is -2.41. The minimum absolute atomic E-state index is 0.0432. The van der Waals surface area contributed by atoms with Crippen LogP contribution >= 0.6 is 0 Å². The van der Waals surface area contributed by atoms with Crippen LogP contribution in [0, 0.1) is 22.5 Å². The maximum Gasteiger partial charge on any atom is 0.523 e. The first kappa shape index (κ1) is 35.1. The minimum atomic E-state index is -5.79. The van der Waals surface area contributed by atoms with Gasteiger partial charge in [0.2, 0.25) is 11.8 Å². The van der Waals surface area contributed by atoms with Gasteiger partial charge in [-0.15, -0.1) is 0 Å². The normalized spacial score (nSPS) is 28.1. The van der Waals surface area contributed by atoms with Crippen molar-refractivity contribution in [3.63, 3.8) is 0 Å². The Morgan fingerprint density at radius 2 is 1.26 bits per heavy atom. The lowest BCUT2D eigenvalue weighted by atomic mass is 9.85. The molecule has 0 radical (unpaired) electrons. The molecule has 4 heterocycles. The fourth-order valence-corrected chi connectivity index (χ4v) is 7.31. The molecular weight excluding hydrogens is 654 g/mol. The molecule has 4 saturated heterocycles. The molecule has 6 rings (SSSR count). The number of carbonyl (C=O) groups excluding carboxylic acids is 2. The topological polar surface area (TPSA) is 90.5 Å². The lowest BCUT2D eigenvalue weighted by Gasteiger charge is -2.28. The predicted molar refractivity (Wildman–Crippen MR) is 157 cm³/mol. The molecule has 258 valence electrons. The number of rotatable bonds is 8. The highest BCUT2D eigenvalue weighted by Crippen LogP contribution is 2.46. The first-order valence-electron chi connectivity index (χ1n) is 15.3. The Morgan fingerprint density at radius 3 is 1.66 bits per heavy atom. The van der Waals surface area contributed by atoms with Crippen LogP contribution in [0.25, 0.3) is 0 Å². The number of halogens is 6. The number of fused-ring (bicyclic) bond motifs is 2. The van der Waals surface area contributed by atoms with E-state index < -0.39 is 57.5 Å². The van der Waals surface area contributed by atoms with Crippen LogP contribution in [0.1, 0.15) is 62.7 Å². The third kappa shape index (κ3) is 6.36. The number of hydrogen-bond donors (Lipinski definition) is 0. The zero-order chi connectivity index (χ0) is 34.4. The summed E-state index contributed by atoms with van der Waals surface area (Å²) in [5.41, 5.74) is -6.52. The molecule has 4 atom stereocenters. The van der Waals surface area contributed by atoms with Crippen molar-refractivity contribution in [2.45, 2.75) is 57.1 Å². The molecule has 4 aliphatic heterocycles. The van der Waals surface area contributed by atoms with Crippen LogP contribution in [0.4, 0.5) is 26.3 Å². The van der Waals surface area contributed by atoms with Crippen molar-refractivity contribution in [3.05, 3.63) is 71.3 Å². The average Bonchev–Trinajstić information content (AvgIpc) is 3.77. The van der Waals surface area contributed by atoms with Gasteiger partial charge in [-0.1, -0.05) is 38.1 Å². The largest absolute Gasteiger partial charge is 0.523 e. The average molecular weight is 691 g/mol. The van der Waals surface area contributed by atoms with E-state index in [-0.39, 0.29) is 30.7 Å². The zero-order valence-corrected chi connectivity index (χ0v) is 26.7. The van der Waals surface area contributed by atoms with E-state index in [1.54, 1.807) is 29.1 Å². The molecule has 0 N–H and O–H groups in total. The number of alkyl halides is 4. The smallest absolute Gasteiger partial charge is 0.273 e. The van der Waals surface area contributed by atoms with Crippen molar-refractivity contribution in [2.75, 3.05) is 39.5 Å². The highest BCUT2D eigenvalue weighted by Gasteiger charge is 2.57. The van der Waals surface area contributed by atoms with Gasteiger partial charge < -0.3 is 0 Å². The fourth-order valence-electron chi connectivity index (χ4n) is 6.80. The van der Waals surface area contributed by atoms with Crippen LogP contribution in [0.5, 0.6) is 0 Å². The molecule has 0 spiro atoms. The third-order valence-electron chi connectivity index (χ3n) is 9.67. The maximum absolute atomic E-state index is 13.5. The summed E-state index contributed by atoms with van der Waals surface area (Å²) in [5.74, 6) is -1.44. The molecule has 2 aromatic rings. The molecule has 0 aliphatic carbocycles. The standard InChI is InChI=1S/C16H18F4N2O4S.C15H18F2N2O/c1-2-15(10-26-27(24,25)16(18,19)20)9-21-7-6-13(22(21)14(15)23)11-4-3-5-12(17)8-11;1-2-15(9-16)10-18-7-6-13(19(18)14(15)20)11-4-3-5-12(17)8-11/h3-5,8,13H,2,6-7,9-10H2,1H3;3-5,8,13H,2,6-7,9-10H2,1H3. The zero-order valence-electron chi connectivity index (χ0n) is 25.9. The van der Waals surface area contributed by atoms with Crippen LogP contribution in [0.15, 0.2) is 48.5 Å². The summed E-state index contributed by atoms with van der Waals surface area (Å²) in [6, 6.07) is 11.5. The van der Waals surface area contributed by atoms with Crippen LogP contribution in [-0.2, 0) is 23.9 Å². The number of hydrazine groups is 2. The minimum Gasteiger partial charge on any atom is -0.273 e. The molecule has 4 aliphatic rings. The maximum atomic E-state index is 13.5. The van der Waals surface area contributed by atoms with Gasteiger partial charge in [-0.05, 0) is 61.1 Å². The summed E-state index contributed by atoms with van der Waals surface area (Å²) in [7, 11) is -5.79. The van der Waals surface area contributed by atoms with E-state index >= 15 is 0 Å². The third-order valence-corrected chi connectivity index (χ3v) is 10.7. The monoisotopic (exact) mass is 690 g/mol. The summed E-state index contributed by atoms with van der Waals surface area (Å²) in [6.07, 6.45) is 1.89. The molecule has 0 aromatic heterocycles. The summed E-state index contributed by atoms with van der Waals surface area (Å²) >= 11 is 0. The molecule has 0 bridgehead atoms. The van der Waals surface area contributed by atoms with Gasteiger partial charge in [-0.3, -0.25) is 23.8 Å². The van der Waals surface area contributed by atoms with Crippen LogP contribution in [0.2, 0.25) is 0 Å². The fraction of sp³-hybridized carbons (Fsp3) is 0.548. The molecule has 2 aromatic carbocycles. The van der Waals surface area contributed by atoms with Crippen LogP contribution in [-0.4, -0.2) is 85.2 Å². The molecular formula is C31H36F6N4O5S. The van der Waals surface area contributed by atoms with E-state index in [4.69, 9.17) is 0 Å². The Balaban J connectivity index is 0.000000193. The SMILES string of the molecule is CCC1(CF)CN2CCC(c3cccc(F)c3)N2C1=O.CCC1(COS(=O)(=O)C(F)(F)F)CN2CCC(c3cccc(F)c3)N2C1=O. The van der Waals surface area contributed by atoms with Gasteiger partial charge in [0.05, 0.1) is 29.5 Å². The molecule has 2 amide bonds. The Hall–Kier alpha value is -3.21. The van der Waals surface area contributed by atoms with E-state index in [1.807, 2.05) is 18.0 Å². The first-order chi connectivity index (χ1) is 22.1. The number of nitrogens with zero attached hydrogens (tertiary/aromatic N) is 4. The van der Waals surface area contributed by atoms with Gasteiger partial charge in [0, 0.05) is 26.2 Å². The Bertz CT molecular complexity index is 1610. The second-order valence-electron chi connectivity index (χ2n) is 12.4. The van der Waals surface area contributed by atoms with Gasteiger partial charge in [0.1, 0.15) is 18.3 Å². The van der Waals surface area contributed by atoms with E-state index in [0.717, 1.165) is 12.0 Å². The molecule has 0 saturated carbocycles. The Morgan fingerprint density at radius 1 is 0.809 bits per heavy atom. The second kappa shape index (κ2) is 13.0. The molecule has 4 fully saturated rings. The molecule has 16 heteroatoms. The molecule has 4 unspecified atom stereocenters. The van der Waals surface area contributed by atoms with E-state index in [9.17, 15) is 44.3 Å².